The molecule has 5 nitrogen and oxygen atoms in total. The van der Waals surface area contributed by atoms with Crippen molar-refractivity contribution in [1.82, 2.24) is 9.71 Å². The van der Waals surface area contributed by atoms with E-state index in [-0.39, 0.29) is 18.0 Å². The molecule has 0 aromatic carbocycles. The van der Waals surface area contributed by atoms with Crippen LogP contribution in [-0.4, -0.2) is 18.5 Å². The van der Waals surface area contributed by atoms with Gasteiger partial charge in [-0.3, -0.25) is 0 Å². The topological polar surface area (TPSA) is 79.3 Å². The van der Waals surface area contributed by atoms with Gasteiger partial charge in [0.1, 0.15) is 0 Å². The summed E-state index contributed by atoms with van der Waals surface area (Å²) in [5.74, 6) is 0. The lowest BCUT2D eigenvalue weighted by molar-refractivity contribution is 0.282. The lowest BCUT2D eigenvalue weighted by Crippen LogP contribution is -2.23. The molecule has 0 atom stereocenters. The first kappa shape index (κ1) is 13.6. The number of thiophene rings is 1. The van der Waals surface area contributed by atoms with E-state index in [9.17, 15) is 8.42 Å². The van der Waals surface area contributed by atoms with Crippen molar-refractivity contribution in [2.45, 2.75) is 25.0 Å². The molecule has 98 valence electrons. The van der Waals surface area contributed by atoms with Crippen molar-refractivity contribution in [3.63, 3.8) is 0 Å². The monoisotopic (exact) mass is 304 g/mol. The van der Waals surface area contributed by atoms with Crippen LogP contribution in [0.15, 0.2) is 22.5 Å². The van der Waals surface area contributed by atoms with Gasteiger partial charge in [-0.05, 0) is 18.4 Å². The summed E-state index contributed by atoms with van der Waals surface area (Å²) in [5.41, 5.74) is 0. The second-order valence-electron chi connectivity index (χ2n) is 3.54. The van der Waals surface area contributed by atoms with Gasteiger partial charge in [0.15, 0.2) is 0 Å². The highest BCUT2D eigenvalue weighted by Gasteiger charge is 2.19. The number of nitrogens with one attached hydrogen (secondary N) is 1. The van der Waals surface area contributed by atoms with Crippen molar-refractivity contribution < 1.29 is 13.5 Å². The first-order valence-electron chi connectivity index (χ1n) is 5.11. The Morgan fingerprint density at radius 1 is 1.50 bits per heavy atom. The molecular formula is C10H12N2O3S3. The van der Waals surface area contributed by atoms with Crippen LogP contribution in [0, 0.1) is 6.92 Å². The summed E-state index contributed by atoms with van der Waals surface area (Å²) in [4.78, 5) is 5.51. The van der Waals surface area contributed by atoms with Gasteiger partial charge in [-0.15, -0.1) is 22.7 Å². The van der Waals surface area contributed by atoms with Crippen LogP contribution < -0.4 is 4.72 Å². The smallest absolute Gasteiger partial charge is 0.242 e. The number of hydrogen-bond acceptors (Lipinski definition) is 6. The third-order valence-electron chi connectivity index (χ3n) is 2.24. The molecule has 8 heteroatoms. The van der Waals surface area contributed by atoms with E-state index in [0.29, 0.717) is 4.88 Å². The van der Waals surface area contributed by atoms with Gasteiger partial charge in [0.05, 0.1) is 16.5 Å². The summed E-state index contributed by atoms with van der Waals surface area (Å²) in [7, 11) is -3.57. The van der Waals surface area contributed by atoms with Crippen molar-refractivity contribution in [2.24, 2.45) is 0 Å². The highest BCUT2D eigenvalue weighted by atomic mass is 32.2. The number of rotatable bonds is 5. The molecule has 18 heavy (non-hydrogen) atoms. The quantitative estimate of drug-likeness (QED) is 0.877. The molecule has 0 aliphatic carbocycles. The fourth-order valence-electron chi connectivity index (χ4n) is 1.41. The molecule has 0 fully saturated rings. The van der Waals surface area contributed by atoms with Crippen LogP contribution in [0.25, 0.3) is 0 Å². The first-order chi connectivity index (χ1) is 8.53. The van der Waals surface area contributed by atoms with Crippen LogP contribution in [0.3, 0.4) is 0 Å². The molecule has 2 aromatic heterocycles. The summed E-state index contributed by atoms with van der Waals surface area (Å²) in [6, 6.07) is 1.50. The number of thiazole rings is 1. The van der Waals surface area contributed by atoms with E-state index in [2.05, 4.69) is 9.71 Å². The SMILES string of the molecule is Cc1ncc(CNS(=O)(=O)c2ccsc2CO)s1. The normalized spacial score (nSPS) is 11.9. The summed E-state index contributed by atoms with van der Waals surface area (Å²) in [5, 5.41) is 11.6. The Bertz CT molecular complexity index is 630. The van der Waals surface area contributed by atoms with E-state index in [1.807, 2.05) is 6.92 Å². The maximum atomic E-state index is 12.0. The molecule has 0 saturated heterocycles. The highest BCUT2D eigenvalue weighted by molar-refractivity contribution is 7.89. The molecule has 0 aliphatic rings. The molecule has 0 saturated carbocycles. The maximum Gasteiger partial charge on any atom is 0.242 e. The zero-order valence-corrected chi connectivity index (χ0v) is 12.0. The number of hydrogen-bond donors (Lipinski definition) is 2. The van der Waals surface area contributed by atoms with E-state index in [4.69, 9.17) is 5.11 Å². The third-order valence-corrected chi connectivity index (χ3v) is 5.68. The highest BCUT2D eigenvalue weighted by Crippen LogP contribution is 2.22. The lowest BCUT2D eigenvalue weighted by Gasteiger charge is -2.05. The van der Waals surface area contributed by atoms with E-state index in [1.165, 1.54) is 28.7 Å². The molecule has 0 aliphatic heterocycles. The van der Waals surface area contributed by atoms with E-state index in [1.54, 1.807) is 11.6 Å². The van der Waals surface area contributed by atoms with Gasteiger partial charge in [0.25, 0.3) is 0 Å². The Hall–Kier alpha value is -0.800. The molecule has 2 N–H and O–H groups in total. The van der Waals surface area contributed by atoms with Crippen LogP contribution in [0.4, 0.5) is 0 Å². The largest absolute Gasteiger partial charge is 0.391 e. The van der Waals surface area contributed by atoms with Crippen LogP contribution in [0.2, 0.25) is 0 Å². The van der Waals surface area contributed by atoms with Gasteiger partial charge in [0, 0.05) is 22.5 Å². The second kappa shape index (κ2) is 5.45. The average Bonchev–Trinajstić information content (AvgIpc) is 2.95. The maximum absolute atomic E-state index is 12.0. The summed E-state index contributed by atoms with van der Waals surface area (Å²) >= 11 is 2.67. The number of aliphatic hydroxyl groups is 1. The van der Waals surface area contributed by atoms with Gasteiger partial charge >= 0.3 is 0 Å². The zero-order valence-electron chi connectivity index (χ0n) is 9.58. The van der Waals surface area contributed by atoms with E-state index < -0.39 is 10.0 Å². The minimum atomic E-state index is -3.57. The van der Waals surface area contributed by atoms with Crippen LogP contribution in [-0.2, 0) is 23.2 Å². The molecule has 2 aromatic rings. The van der Waals surface area contributed by atoms with Crippen LogP contribution in [0.1, 0.15) is 14.8 Å². The minimum absolute atomic E-state index is 0.149. The molecule has 0 bridgehead atoms. The predicted molar refractivity (Wildman–Crippen MR) is 71.1 cm³/mol. The summed E-state index contributed by atoms with van der Waals surface area (Å²) in [6.07, 6.45) is 1.66. The Labute approximate surface area is 113 Å². The molecular weight excluding hydrogens is 292 g/mol. The summed E-state index contributed by atoms with van der Waals surface area (Å²) < 4.78 is 26.5. The number of nitrogens with zero attached hydrogens (tertiary/aromatic N) is 1. The molecule has 0 radical (unpaired) electrons. The standard InChI is InChI=1S/C10H12N2O3S3/c1-7-11-4-8(17-7)5-12-18(14,15)10-2-3-16-9(10)6-13/h2-4,12-13H,5-6H2,1H3. The Balaban J connectivity index is 2.13. The number of sulfonamides is 1. The summed E-state index contributed by atoms with van der Waals surface area (Å²) in [6.45, 7) is 1.81. The first-order valence-corrected chi connectivity index (χ1v) is 8.29. The predicted octanol–water partition coefficient (Wildman–Crippen LogP) is 1.48. The number of aryl methyl sites for hydroxylation is 1. The second-order valence-corrected chi connectivity index (χ2v) is 7.59. The van der Waals surface area contributed by atoms with E-state index >= 15 is 0 Å². The van der Waals surface area contributed by atoms with Crippen molar-refractivity contribution in [3.8, 4) is 0 Å². The number of aliphatic hydroxyl groups excluding tert-OH is 1. The van der Waals surface area contributed by atoms with Crippen molar-refractivity contribution in [3.05, 3.63) is 32.4 Å². The van der Waals surface area contributed by atoms with Crippen molar-refractivity contribution in [1.29, 1.82) is 0 Å². The Morgan fingerprint density at radius 2 is 2.28 bits per heavy atom. The van der Waals surface area contributed by atoms with Crippen LogP contribution in [0.5, 0.6) is 0 Å². The molecule has 2 heterocycles. The molecule has 0 unspecified atom stereocenters. The fourth-order valence-corrected chi connectivity index (χ4v) is 4.54. The Morgan fingerprint density at radius 3 is 2.89 bits per heavy atom. The lowest BCUT2D eigenvalue weighted by atomic mass is 10.5. The van der Waals surface area contributed by atoms with E-state index in [0.717, 1.165) is 9.88 Å². The van der Waals surface area contributed by atoms with Gasteiger partial charge in [-0.2, -0.15) is 0 Å². The number of aromatic nitrogens is 1. The van der Waals surface area contributed by atoms with Crippen molar-refractivity contribution >= 4 is 32.7 Å². The average molecular weight is 304 g/mol. The van der Waals surface area contributed by atoms with Crippen LogP contribution >= 0.6 is 22.7 Å². The van der Waals surface area contributed by atoms with Crippen molar-refractivity contribution in [2.75, 3.05) is 0 Å². The van der Waals surface area contributed by atoms with Gasteiger partial charge in [-0.25, -0.2) is 18.1 Å². The molecule has 0 amide bonds. The van der Waals surface area contributed by atoms with Gasteiger partial charge < -0.3 is 5.11 Å². The minimum Gasteiger partial charge on any atom is -0.391 e. The molecule has 2 rings (SSSR count). The molecule has 0 spiro atoms. The zero-order chi connectivity index (χ0) is 13.2. The Kier molecular flexibility index (Phi) is 4.13. The fraction of sp³-hybridized carbons (Fsp3) is 0.300. The van der Waals surface area contributed by atoms with Gasteiger partial charge in [0.2, 0.25) is 10.0 Å². The van der Waals surface area contributed by atoms with Gasteiger partial charge in [-0.1, -0.05) is 0 Å². The third kappa shape index (κ3) is 2.96.